The first-order valence-corrected chi connectivity index (χ1v) is 5.59. The van der Waals surface area contributed by atoms with Gasteiger partial charge >= 0.3 is 0 Å². The van der Waals surface area contributed by atoms with Gasteiger partial charge in [0.05, 0.1) is 22.8 Å². The fourth-order valence-corrected chi connectivity index (χ4v) is 1.95. The molecule has 86 valence electrons. The fraction of sp³-hybridized carbons (Fsp3) is 0.231. The zero-order chi connectivity index (χ0) is 12.0. The molecule has 0 spiro atoms. The number of H-pyrrole nitrogens is 1. The third-order valence-electron chi connectivity index (χ3n) is 3.08. The molecule has 0 saturated heterocycles. The molecule has 0 atom stereocenters. The maximum atomic E-state index is 4.59. The van der Waals surface area contributed by atoms with Crippen molar-refractivity contribution < 1.29 is 0 Å². The highest BCUT2D eigenvalue weighted by molar-refractivity contribution is 5.80. The van der Waals surface area contributed by atoms with E-state index in [2.05, 4.69) is 41.0 Å². The van der Waals surface area contributed by atoms with Crippen molar-refractivity contribution in [1.82, 2.24) is 19.7 Å². The summed E-state index contributed by atoms with van der Waals surface area (Å²) < 4.78 is 1.78. The molecule has 0 unspecified atom stereocenters. The number of hydrogen-bond acceptors (Lipinski definition) is 2. The lowest BCUT2D eigenvalue weighted by molar-refractivity contribution is 0.768. The second-order valence-corrected chi connectivity index (χ2v) is 4.44. The largest absolute Gasteiger partial charge is 0.338 e. The van der Waals surface area contributed by atoms with Crippen LogP contribution in [0.1, 0.15) is 11.1 Å². The van der Waals surface area contributed by atoms with Gasteiger partial charge < -0.3 is 4.98 Å². The molecule has 4 nitrogen and oxygen atoms in total. The summed E-state index contributed by atoms with van der Waals surface area (Å²) in [5.74, 6) is 0.873. The summed E-state index contributed by atoms with van der Waals surface area (Å²) >= 11 is 0. The normalized spacial score (nSPS) is 11.2. The van der Waals surface area contributed by atoms with Gasteiger partial charge in [0.2, 0.25) is 0 Å². The Hall–Kier alpha value is -2.10. The number of aromatic nitrogens is 4. The van der Waals surface area contributed by atoms with Crippen LogP contribution in [0.25, 0.3) is 22.4 Å². The van der Waals surface area contributed by atoms with Crippen LogP contribution in [0.3, 0.4) is 0 Å². The first kappa shape index (κ1) is 10.1. The van der Waals surface area contributed by atoms with Crippen molar-refractivity contribution in [2.45, 2.75) is 13.8 Å². The lowest BCUT2D eigenvalue weighted by Gasteiger charge is -1.97. The van der Waals surface area contributed by atoms with Gasteiger partial charge in [0, 0.05) is 13.2 Å². The van der Waals surface area contributed by atoms with E-state index in [0.29, 0.717) is 0 Å². The van der Waals surface area contributed by atoms with Gasteiger partial charge in [-0.2, -0.15) is 5.10 Å². The Morgan fingerprint density at radius 1 is 1.18 bits per heavy atom. The highest BCUT2D eigenvalue weighted by Gasteiger charge is 2.07. The van der Waals surface area contributed by atoms with Gasteiger partial charge in [0.1, 0.15) is 5.82 Å². The van der Waals surface area contributed by atoms with Gasteiger partial charge in [-0.15, -0.1) is 0 Å². The second kappa shape index (κ2) is 3.45. The Labute approximate surface area is 99.3 Å². The number of benzene rings is 1. The summed E-state index contributed by atoms with van der Waals surface area (Å²) in [6.45, 7) is 4.21. The number of aromatic amines is 1. The third kappa shape index (κ3) is 1.62. The first-order valence-electron chi connectivity index (χ1n) is 5.59. The summed E-state index contributed by atoms with van der Waals surface area (Å²) in [6, 6.07) is 4.25. The molecule has 1 aromatic carbocycles. The average molecular weight is 226 g/mol. The minimum atomic E-state index is 0.873. The van der Waals surface area contributed by atoms with Gasteiger partial charge in [-0.1, -0.05) is 0 Å². The highest BCUT2D eigenvalue weighted by atomic mass is 15.2. The Morgan fingerprint density at radius 3 is 2.65 bits per heavy atom. The third-order valence-corrected chi connectivity index (χ3v) is 3.08. The van der Waals surface area contributed by atoms with Crippen molar-refractivity contribution in [3.8, 4) is 11.4 Å². The molecule has 0 amide bonds. The average Bonchev–Trinajstić information content (AvgIpc) is 2.85. The summed E-state index contributed by atoms with van der Waals surface area (Å²) in [5.41, 5.74) is 5.64. The molecule has 3 aromatic rings. The standard InChI is InChI=1S/C13H14N4/c1-8-4-11-12(5-9(8)2)16-13(15-11)10-6-14-17(3)7-10/h4-7H,1-3H3,(H,15,16). The summed E-state index contributed by atoms with van der Waals surface area (Å²) in [7, 11) is 1.90. The highest BCUT2D eigenvalue weighted by Crippen LogP contribution is 2.22. The summed E-state index contributed by atoms with van der Waals surface area (Å²) in [5, 5.41) is 4.15. The van der Waals surface area contributed by atoms with Crippen molar-refractivity contribution in [3.05, 3.63) is 35.7 Å². The zero-order valence-electron chi connectivity index (χ0n) is 10.2. The van der Waals surface area contributed by atoms with Crippen LogP contribution >= 0.6 is 0 Å². The van der Waals surface area contributed by atoms with Crippen molar-refractivity contribution >= 4 is 11.0 Å². The molecule has 4 heteroatoms. The van der Waals surface area contributed by atoms with E-state index in [1.807, 2.05) is 19.4 Å². The Balaban J connectivity index is 2.19. The van der Waals surface area contributed by atoms with Crippen LogP contribution in [0.4, 0.5) is 0 Å². The minimum Gasteiger partial charge on any atom is -0.338 e. The molecule has 0 aliphatic carbocycles. The molecule has 0 aliphatic heterocycles. The van der Waals surface area contributed by atoms with E-state index in [-0.39, 0.29) is 0 Å². The molecular formula is C13H14N4. The Kier molecular flexibility index (Phi) is 2.04. The van der Waals surface area contributed by atoms with Gasteiger partial charge in [-0.05, 0) is 37.1 Å². The maximum Gasteiger partial charge on any atom is 0.141 e. The number of hydrogen-bond donors (Lipinski definition) is 1. The molecule has 1 N–H and O–H groups in total. The van der Waals surface area contributed by atoms with E-state index < -0.39 is 0 Å². The van der Waals surface area contributed by atoms with Crippen LogP contribution in [0, 0.1) is 13.8 Å². The van der Waals surface area contributed by atoms with Crippen LogP contribution in [0.5, 0.6) is 0 Å². The lowest BCUT2D eigenvalue weighted by Crippen LogP contribution is -1.84. The van der Waals surface area contributed by atoms with E-state index in [4.69, 9.17) is 0 Å². The number of nitrogens with one attached hydrogen (secondary N) is 1. The molecule has 0 fully saturated rings. The van der Waals surface area contributed by atoms with Crippen molar-refractivity contribution in [3.63, 3.8) is 0 Å². The van der Waals surface area contributed by atoms with Gasteiger partial charge in [0.25, 0.3) is 0 Å². The molecule has 0 bridgehead atoms. The van der Waals surface area contributed by atoms with Gasteiger partial charge in [0.15, 0.2) is 0 Å². The van der Waals surface area contributed by atoms with Crippen molar-refractivity contribution in [2.24, 2.45) is 7.05 Å². The van der Waals surface area contributed by atoms with Crippen LogP contribution in [-0.2, 0) is 7.05 Å². The molecular weight excluding hydrogens is 212 g/mol. The SMILES string of the molecule is Cc1cc2nc(-c3cnn(C)c3)[nH]c2cc1C. The molecule has 2 aromatic heterocycles. The Morgan fingerprint density at radius 2 is 1.94 bits per heavy atom. The number of fused-ring (bicyclic) bond motifs is 1. The number of imidazole rings is 1. The van der Waals surface area contributed by atoms with Gasteiger partial charge in [-0.3, -0.25) is 4.68 Å². The monoisotopic (exact) mass is 226 g/mol. The predicted molar refractivity (Wildman–Crippen MR) is 67.8 cm³/mol. The quantitative estimate of drug-likeness (QED) is 0.693. The topological polar surface area (TPSA) is 46.5 Å². The van der Waals surface area contributed by atoms with Crippen molar-refractivity contribution in [1.29, 1.82) is 0 Å². The Bertz CT molecular complexity index is 652. The van der Waals surface area contributed by atoms with Crippen molar-refractivity contribution in [2.75, 3.05) is 0 Å². The van der Waals surface area contributed by atoms with Crippen LogP contribution in [-0.4, -0.2) is 19.7 Å². The second-order valence-electron chi connectivity index (χ2n) is 4.44. The molecule has 3 rings (SSSR count). The van der Waals surface area contributed by atoms with E-state index >= 15 is 0 Å². The van der Waals surface area contributed by atoms with E-state index in [0.717, 1.165) is 22.4 Å². The molecule has 2 heterocycles. The lowest BCUT2D eigenvalue weighted by atomic mass is 10.1. The smallest absolute Gasteiger partial charge is 0.141 e. The minimum absolute atomic E-state index is 0.873. The molecule has 0 aliphatic rings. The van der Waals surface area contributed by atoms with Crippen LogP contribution in [0.2, 0.25) is 0 Å². The van der Waals surface area contributed by atoms with Crippen LogP contribution < -0.4 is 0 Å². The number of aryl methyl sites for hydroxylation is 3. The molecule has 0 radical (unpaired) electrons. The first-order chi connectivity index (χ1) is 8.13. The zero-order valence-corrected chi connectivity index (χ0v) is 10.2. The maximum absolute atomic E-state index is 4.59. The fourth-order valence-electron chi connectivity index (χ4n) is 1.95. The summed E-state index contributed by atoms with van der Waals surface area (Å²) in [4.78, 5) is 7.92. The van der Waals surface area contributed by atoms with E-state index in [1.54, 1.807) is 4.68 Å². The van der Waals surface area contributed by atoms with E-state index in [9.17, 15) is 0 Å². The predicted octanol–water partition coefficient (Wildman–Crippen LogP) is 2.58. The van der Waals surface area contributed by atoms with Gasteiger partial charge in [-0.25, -0.2) is 4.98 Å². The number of nitrogens with zero attached hydrogens (tertiary/aromatic N) is 3. The number of rotatable bonds is 1. The summed E-state index contributed by atoms with van der Waals surface area (Å²) in [6.07, 6.45) is 3.77. The van der Waals surface area contributed by atoms with Crippen LogP contribution in [0.15, 0.2) is 24.5 Å². The molecule has 17 heavy (non-hydrogen) atoms. The molecule has 0 saturated carbocycles. The van der Waals surface area contributed by atoms with E-state index in [1.165, 1.54) is 11.1 Å².